The average Bonchev–Trinajstić information content (AvgIpc) is 3.15. The highest BCUT2D eigenvalue weighted by Gasteiger charge is 2.39. The van der Waals surface area contributed by atoms with E-state index < -0.39 is 15.9 Å². The Balaban J connectivity index is 1.23. The third-order valence-corrected chi connectivity index (χ3v) is 10.5. The summed E-state index contributed by atoms with van der Waals surface area (Å²) in [5.74, 6) is 0.722. The lowest BCUT2D eigenvalue weighted by Gasteiger charge is -2.37. The number of carbonyl (C=O) groups excluding carboxylic acids is 3. The van der Waals surface area contributed by atoms with Gasteiger partial charge in [-0.1, -0.05) is 25.0 Å². The molecular formula is C27H37N3O5S. The molecule has 1 aliphatic carbocycles. The zero-order chi connectivity index (χ0) is 25.4. The first kappa shape index (κ1) is 25.4. The van der Waals surface area contributed by atoms with Crippen molar-refractivity contribution in [2.75, 3.05) is 11.5 Å². The van der Waals surface area contributed by atoms with Gasteiger partial charge in [-0.25, -0.2) is 8.42 Å². The second-order valence-corrected chi connectivity index (χ2v) is 13.5. The number of carbonyl (C=O) groups is 3. The lowest BCUT2D eigenvalue weighted by atomic mass is 9.79. The Bertz CT molecular complexity index is 1140. The standard InChI is InChI=1S/C27H37N3O5S/c1-17(19-10-12-36(34,35)13-11-19)28-23-5-3-2-4-20(23)14-18-6-7-22-21(15-18)16-30(27(22)33)24-8-9-25(31)29-26(24)32/h6-7,15,17,19-20,23-24,28H,2-5,8-14,16H2,1H3,(H,29,31,32)/t17-,20+,23-,24-/m0/s1. The first-order valence-corrected chi connectivity index (χ1v) is 15.3. The molecule has 3 fully saturated rings. The number of amides is 3. The Hall–Kier alpha value is -2.26. The minimum Gasteiger partial charge on any atom is -0.322 e. The van der Waals surface area contributed by atoms with Crippen LogP contribution >= 0.6 is 0 Å². The Labute approximate surface area is 213 Å². The Kier molecular flexibility index (Phi) is 7.23. The molecule has 8 nitrogen and oxygen atoms in total. The Morgan fingerprint density at radius 2 is 1.81 bits per heavy atom. The lowest BCUT2D eigenvalue weighted by Crippen LogP contribution is -2.52. The molecule has 196 valence electrons. The van der Waals surface area contributed by atoms with Crippen molar-refractivity contribution in [1.82, 2.24) is 15.5 Å². The summed E-state index contributed by atoms with van der Waals surface area (Å²) in [7, 11) is -2.85. The number of piperidine rings is 1. The van der Waals surface area contributed by atoms with Crippen LogP contribution in [-0.4, -0.2) is 60.7 Å². The summed E-state index contributed by atoms with van der Waals surface area (Å²) in [5, 5.41) is 6.23. The van der Waals surface area contributed by atoms with Gasteiger partial charge >= 0.3 is 0 Å². The van der Waals surface area contributed by atoms with E-state index in [9.17, 15) is 22.8 Å². The van der Waals surface area contributed by atoms with Crippen molar-refractivity contribution in [3.05, 3.63) is 34.9 Å². The molecule has 2 N–H and O–H groups in total. The molecule has 36 heavy (non-hydrogen) atoms. The second-order valence-electron chi connectivity index (χ2n) is 11.2. The fraction of sp³-hybridized carbons (Fsp3) is 0.667. The number of imide groups is 1. The van der Waals surface area contributed by atoms with E-state index in [1.807, 2.05) is 12.1 Å². The van der Waals surface area contributed by atoms with Crippen molar-refractivity contribution in [1.29, 1.82) is 0 Å². The maximum absolute atomic E-state index is 13.0. The van der Waals surface area contributed by atoms with Gasteiger partial charge in [0.15, 0.2) is 0 Å². The van der Waals surface area contributed by atoms with Crippen LogP contribution in [0.4, 0.5) is 0 Å². The maximum Gasteiger partial charge on any atom is 0.255 e. The van der Waals surface area contributed by atoms with Gasteiger partial charge in [-0.3, -0.25) is 19.7 Å². The van der Waals surface area contributed by atoms with E-state index in [4.69, 9.17) is 0 Å². The number of hydrogen-bond donors (Lipinski definition) is 2. The van der Waals surface area contributed by atoms with Crippen LogP contribution in [0.15, 0.2) is 18.2 Å². The molecule has 5 rings (SSSR count). The van der Waals surface area contributed by atoms with Crippen LogP contribution in [0.5, 0.6) is 0 Å². The third kappa shape index (κ3) is 5.37. The van der Waals surface area contributed by atoms with E-state index in [1.165, 1.54) is 18.4 Å². The Morgan fingerprint density at radius 3 is 2.56 bits per heavy atom. The van der Waals surface area contributed by atoms with Gasteiger partial charge in [-0.05, 0) is 74.5 Å². The number of fused-ring (bicyclic) bond motifs is 1. The zero-order valence-electron chi connectivity index (χ0n) is 21.0. The molecule has 0 radical (unpaired) electrons. The third-order valence-electron chi connectivity index (χ3n) is 8.78. The maximum atomic E-state index is 13.0. The van der Waals surface area contributed by atoms with E-state index in [0.29, 0.717) is 54.0 Å². The summed E-state index contributed by atoms with van der Waals surface area (Å²) in [6.45, 7) is 2.61. The molecule has 3 heterocycles. The summed E-state index contributed by atoms with van der Waals surface area (Å²) >= 11 is 0. The van der Waals surface area contributed by atoms with Gasteiger partial charge in [0, 0.05) is 30.6 Å². The first-order valence-electron chi connectivity index (χ1n) is 13.4. The number of nitrogens with one attached hydrogen (secondary N) is 2. The summed E-state index contributed by atoms with van der Waals surface area (Å²) in [6, 6.07) is 6.18. The summed E-state index contributed by atoms with van der Waals surface area (Å²) in [5.41, 5.74) is 2.82. The van der Waals surface area contributed by atoms with Crippen LogP contribution in [0.2, 0.25) is 0 Å². The minimum atomic E-state index is -2.85. The van der Waals surface area contributed by atoms with Gasteiger partial charge in [0.05, 0.1) is 11.5 Å². The van der Waals surface area contributed by atoms with Crippen LogP contribution in [0.3, 0.4) is 0 Å². The monoisotopic (exact) mass is 515 g/mol. The summed E-state index contributed by atoms with van der Waals surface area (Å²) < 4.78 is 23.7. The largest absolute Gasteiger partial charge is 0.322 e. The molecule has 2 saturated heterocycles. The normalized spacial score (nSPS) is 29.6. The molecule has 4 aliphatic rings. The van der Waals surface area contributed by atoms with E-state index in [0.717, 1.165) is 37.7 Å². The quantitative estimate of drug-likeness (QED) is 0.563. The van der Waals surface area contributed by atoms with Gasteiger partial charge in [0.25, 0.3) is 5.91 Å². The van der Waals surface area contributed by atoms with Crippen LogP contribution in [0.1, 0.15) is 79.8 Å². The molecule has 0 aromatic heterocycles. The van der Waals surface area contributed by atoms with Gasteiger partial charge in [-0.2, -0.15) is 0 Å². The highest BCUT2D eigenvalue weighted by atomic mass is 32.2. The molecule has 1 aromatic carbocycles. The van der Waals surface area contributed by atoms with Crippen molar-refractivity contribution in [2.24, 2.45) is 11.8 Å². The molecule has 3 amide bonds. The SMILES string of the molecule is C[C@H](N[C@H]1CCCC[C@@H]1Cc1ccc2c(c1)CN([C@H]1CCC(=O)NC1=O)C2=O)C1CCS(=O)(=O)CC1. The topological polar surface area (TPSA) is 113 Å². The molecule has 1 saturated carbocycles. The second kappa shape index (κ2) is 10.2. The molecule has 4 atom stereocenters. The van der Waals surface area contributed by atoms with Gasteiger partial charge in [0.1, 0.15) is 15.9 Å². The number of rotatable bonds is 6. The minimum absolute atomic E-state index is 0.133. The van der Waals surface area contributed by atoms with E-state index >= 15 is 0 Å². The fourth-order valence-corrected chi connectivity index (χ4v) is 8.14. The van der Waals surface area contributed by atoms with Crippen LogP contribution in [-0.2, 0) is 32.4 Å². The zero-order valence-corrected chi connectivity index (χ0v) is 21.8. The molecule has 9 heteroatoms. The molecule has 0 spiro atoms. The van der Waals surface area contributed by atoms with Crippen molar-refractivity contribution in [3.63, 3.8) is 0 Å². The van der Waals surface area contributed by atoms with Gasteiger partial charge in [0.2, 0.25) is 11.8 Å². The summed E-state index contributed by atoms with van der Waals surface area (Å²) in [6.07, 6.45) is 7.76. The highest BCUT2D eigenvalue weighted by molar-refractivity contribution is 7.91. The van der Waals surface area contributed by atoms with Crippen molar-refractivity contribution >= 4 is 27.6 Å². The average molecular weight is 516 g/mol. The highest BCUT2D eigenvalue weighted by Crippen LogP contribution is 2.33. The van der Waals surface area contributed by atoms with E-state index in [2.05, 4.69) is 23.6 Å². The smallest absolute Gasteiger partial charge is 0.255 e. The number of sulfone groups is 1. The Morgan fingerprint density at radius 1 is 1.06 bits per heavy atom. The number of hydrogen-bond acceptors (Lipinski definition) is 6. The number of nitrogens with zero attached hydrogens (tertiary/aromatic N) is 1. The van der Waals surface area contributed by atoms with E-state index in [-0.39, 0.29) is 24.1 Å². The predicted molar refractivity (Wildman–Crippen MR) is 136 cm³/mol. The molecular weight excluding hydrogens is 478 g/mol. The van der Waals surface area contributed by atoms with Gasteiger partial charge < -0.3 is 10.2 Å². The fourth-order valence-electron chi connectivity index (χ4n) is 6.61. The molecule has 0 bridgehead atoms. The van der Waals surface area contributed by atoms with E-state index in [1.54, 1.807) is 4.90 Å². The molecule has 3 aliphatic heterocycles. The van der Waals surface area contributed by atoms with Crippen molar-refractivity contribution in [3.8, 4) is 0 Å². The molecule has 0 unspecified atom stereocenters. The predicted octanol–water partition coefficient (Wildman–Crippen LogP) is 2.35. The lowest BCUT2D eigenvalue weighted by molar-refractivity contribution is -0.136. The first-order chi connectivity index (χ1) is 17.2. The van der Waals surface area contributed by atoms with Crippen LogP contribution in [0.25, 0.3) is 0 Å². The van der Waals surface area contributed by atoms with Crippen molar-refractivity contribution in [2.45, 2.75) is 89.4 Å². The summed E-state index contributed by atoms with van der Waals surface area (Å²) in [4.78, 5) is 38.4. The van der Waals surface area contributed by atoms with Crippen LogP contribution in [0, 0.1) is 11.8 Å². The van der Waals surface area contributed by atoms with Gasteiger partial charge in [-0.15, -0.1) is 0 Å². The number of benzene rings is 1. The van der Waals surface area contributed by atoms with Crippen molar-refractivity contribution < 1.29 is 22.8 Å². The van der Waals surface area contributed by atoms with Crippen LogP contribution < -0.4 is 10.6 Å². The molecule has 1 aromatic rings.